The van der Waals surface area contributed by atoms with Crippen molar-refractivity contribution in [2.45, 2.75) is 11.8 Å². The first-order valence-electron chi connectivity index (χ1n) is 7.68. The molecule has 0 saturated carbocycles. The number of carbonyl (C=O) groups is 2. The molecule has 0 saturated heterocycles. The van der Waals surface area contributed by atoms with Gasteiger partial charge in [0.1, 0.15) is 12.6 Å². The van der Waals surface area contributed by atoms with Crippen LogP contribution in [0.15, 0.2) is 54.9 Å². The number of nitrogens with one attached hydrogen (secondary N) is 2. The fourth-order valence-corrected chi connectivity index (χ4v) is 3.06. The van der Waals surface area contributed by atoms with Crippen LogP contribution in [0.3, 0.4) is 0 Å². The highest BCUT2D eigenvalue weighted by atomic mass is 32.2. The number of nitrogens with zero attached hydrogens (tertiary/aromatic N) is 2. The maximum absolute atomic E-state index is 12.3. The molecule has 1 aromatic carbocycles. The molecule has 7 heteroatoms. The van der Waals surface area contributed by atoms with E-state index in [0.717, 1.165) is 11.3 Å². The zero-order valence-electron chi connectivity index (χ0n) is 13.5. The molecule has 0 aliphatic carbocycles. The Labute approximate surface area is 150 Å². The van der Waals surface area contributed by atoms with E-state index in [4.69, 9.17) is 5.26 Å². The van der Waals surface area contributed by atoms with E-state index in [9.17, 15) is 9.59 Å². The minimum atomic E-state index is -0.727. The molecule has 1 unspecified atom stereocenters. The van der Waals surface area contributed by atoms with Crippen molar-refractivity contribution in [2.75, 3.05) is 12.3 Å². The summed E-state index contributed by atoms with van der Waals surface area (Å²) < 4.78 is 0. The number of nitriles is 1. The average molecular weight is 354 g/mol. The second-order valence-corrected chi connectivity index (χ2v) is 6.17. The van der Waals surface area contributed by atoms with Crippen LogP contribution in [-0.2, 0) is 10.5 Å². The number of rotatable bonds is 8. The second kappa shape index (κ2) is 10.1. The molecule has 0 aliphatic rings. The number of pyridine rings is 1. The standard InChI is InChI=1S/C18H18N4O2S/c19-8-10-21-18(24)16(13-25-12-14-5-2-1-3-6-14)22-17(23)15-7-4-9-20-11-15/h1-7,9,11,16H,10,12-13H2,(H,21,24)(H,22,23). The fourth-order valence-electron chi connectivity index (χ4n) is 2.04. The van der Waals surface area contributed by atoms with Crippen molar-refractivity contribution >= 4 is 23.6 Å². The third kappa shape index (κ3) is 6.28. The molecule has 128 valence electrons. The summed E-state index contributed by atoms with van der Waals surface area (Å²) in [5.41, 5.74) is 1.52. The molecule has 0 radical (unpaired) electrons. The van der Waals surface area contributed by atoms with Crippen molar-refractivity contribution in [1.29, 1.82) is 5.26 Å². The van der Waals surface area contributed by atoms with E-state index in [2.05, 4.69) is 15.6 Å². The summed E-state index contributed by atoms with van der Waals surface area (Å²) in [7, 11) is 0. The normalized spacial score (nSPS) is 11.2. The molecule has 2 aromatic rings. The Morgan fingerprint density at radius 1 is 1.20 bits per heavy atom. The minimum Gasteiger partial charge on any atom is -0.341 e. The van der Waals surface area contributed by atoms with Crippen LogP contribution >= 0.6 is 11.8 Å². The van der Waals surface area contributed by atoms with Crippen LogP contribution in [0.1, 0.15) is 15.9 Å². The summed E-state index contributed by atoms with van der Waals surface area (Å²) in [4.78, 5) is 28.4. The van der Waals surface area contributed by atoms with Gasteiger partial charge in [-0.2, -0.15) is 17.0 Å². The Morgan fingerprint density at radius 2 is 2.00 bits per heavy atom. The summed E-state index contributed by atoms with van der Waals surface area (Å²) in [6, 6.07) is 14.3. The van der Waals surface area contributed by atoms with Gasteiger partial charge in [-0.25, -0.2) is 0 Å². The van der Waals surface area contributed by atoms with Crippen LogP contribution in [0.5, 0.6) is 0 Å². The molecule has 0 bridgehead atoms. The van der Waals surface area contributed by atoms with Gasteiger partial charge in [-0.1, -0.05) is 30.3 Å². The largest absolute Gasteiger partial charge is 0.341 e. The quantitative estimate of drug-likeness (QED) is 0.704. The molecule has 1 heterocycles. The molecule has 6 nitrogen and oxygen atoms in total. The summed E-state index contributed by atoms with van der Waals surface area (Å²) in [5.74, 6) is 0.383. The van der Waals surface area contributed by atoms with Gasteiger partial charge in [0.15, 0.2) is 0 Å². The third-order valence-electron chi connectivity index (χ3n) is 3.28. The molecule has 1 aromatic heterocycles. The molecule has 25 heavy (non-hydrogen) atoms. The van der Waals surface area contributed by atoms with Gasteiger partial charge in [-0.3, -0.25) is 14.6 Å². The molecule has 2 N–H and O–H groups in total. The fraction of sp³-hybridized carbons (Fsp3) is 0.222. The average Bonchev–Trinajstić information content (AvgIpc) is 2.66. The van der Waals surface area contributed by atoms with Gasteiger partial charge in [-0.15, -0.1) is 0 Å². The van der Waals surface area contributed by atoms with Gasteiger partial charge >= 0.3 is 0 Å². The summed E-state index contributed by atoms with van der Waals surface area (Å²) in [5, 5.41) is 13.8. The van der Waals surface area contributed by atoms with Crippen LogP contribution in [-0.4, -0.2) is 35.1 Å². The Balaban J connectivity index is 1.96. The van der Waals surface area contributed by atoms with E-state index in [1.165, 1.54) is 18.0 Å². The monoisotopic (exact) mass is 354 g/mol. The predicted octanol–water partition coefficient (Wildman–Crippen LogP) is 1.75. The van der Waals surface area contributed by atoms with Crippen LogP contribution in [0.2, 0.25) is 0 Å². The number of amides is 2. The smallest absolute Gasteiger partial charge is 0.253 e. The summed E-state index contributed by atoms with van der Waals surface area (Å²) in [6.07, 6.45) is 3.01. The van der Waals surface area contributed by atoms with E-state index in [1.807, 2.05) is 36.4 Å². The first-order valence-corrected chi connectivity index (χ1v) is 8.83. The van der Waals surface area contributed by atoms with E-state index in [0.29, 0.717) is 11.3 Å². The highest BCUT2D eigenvalue weighted by Crippen LogP contribution is 2.13. The Hall–Kier alpha value is -2.85. The highest BCUT2D eigenvalue weighted by molar-refractivity contribution is 7.98. The first-order chi connectivity index (χ1) is 12.2. The Kier molecular flexibility index (Phi) is 7.47. The lowest BCUT2D eigenvalue weighted by Gasteiger charge is -2.17. The molecular formula is C18H18N4O2S. The number of hydrogen-bond donors (Lipinski definition) is 2. The molecule has 2 rings (SSSR count). The summed E-state index contributed by atoms with van der Waals surface area (Å²) >= 11 is 1.54. The zero-order valence-corrected chi connectivity index (χ0v) is 14.3. The Morgan fingerprint density at radius 3 is 2.68 bits per heavy atom. The SMILES string of the molecule is N#CCNC(=O)C(CSCc1ccccc1)NC(=O)c1cccnc1. The summed E-state index contributed by atoms with van der Waals surface area (Å²) in [6.45, 7) is -0.0958. The van der Waals surface area contributed by atoms with Crippen molar-refractivity contribution < 1.29 is 9.59 Å². The number of aromatic nitrogens is 1. The van der Waals surface area contributed by atoms with E-state index in [-0.39, 0.29) is 18.4 Å². The van der Waals surface area contributed by atoms with Gasteiger partial charge in [0.05, 0.1) is 11.6 Å². The van der Waals surface area contributed by atoms with Crippen LogP contribution in [0.25, 0.3) is 0 Å². The van der Waals surface area contributed by atoms with E-state index < -0.39 is 6.04 Å². The maximum Gasteiger partial charge on any atom is 0.253 e. The van der Waals surface area contributed by atoms with Gasteiger partial charge < -0.3 is 10.6 Å². The Bertz CT molecular complexity index is 732. The topological polar surface area (TPSA) is 94.9 Å². The van der Waals surface area contributed by atoms with Gasteiger partial charge in [0.25, 0.3) is 5.91 Å². The van der Waals surface area contributed by atoms with Crippen molar-refractivity contribution in [2.24, 2.45) is 0 Å². The predicted molar refractivity (Wildman–Crippen MR) is 96.7 cm³/mol. The maximum atomic E-state index is 12.3. The van der Waals surface area contributed by atoms with E-state index >= 15 is 0 Å². The lowest BCUT2D eigenvalue weighted by molar-refractivity contribution is -0.122. The molecule has 0 aliphatic heterocycles. The van der Waals surface area contributed by atoms with Crippen LogP contribution in [0, 0.1) is 11.3 Å². The van der Waals surface area contributed by atoms with Crippen molar-refractivity contribution in [3.8, 4) is 6.07 Å². The molecule has 0 fully saturated rings. The van der Waals surface area contributed by atoms with Gasteiger partial charge in [-0.05, 0) is 17.7 Å². The third-order valence-corrected chi connectivity index (χ3v) is 4.39. The van der Waals surface area contributed by atoms with Crippen molar-refractivity contribution in [3.05, 3.63) is 66.0 Å². The minimum absolute atomic E-state index is 0.0958. The number of carbonyl (C=O) groups excluding carboxylic acids is 2. The number of thioether (sulfide) groups is 1. The zero-order chi connectivity index (χ0) is 17.9. The highest BCUT2D eigenvalue weighted by Gasteiger charge is 2.21. The van der Waals surface area contributed by atoms with Crippen LogP contribution in [0.4, 0.5) is 0 Å². The molecule has 2 amide bonds. The van der Waals surface area contributed by atoms with E-state index in [1.54, 1.807) is 18.3 Å². The van der Waals surface area contributed by atoms with Gasteiger partial charge in [0, 0.05) is 23.9 Å². The second-order valence-electron chi connectivity index (χ2n) is 5.14. The van der Waals surface area contributed by atoms with Crippen molar-refractivity contribution in [1.82, 2.24) is 15.6 Å². The lowest BCUT2D eigenvalue weighted by atomic mass is 10.2. The molecule has 1 atom stereocenters. The lowest BCUT2D eigenvalue weighted by Crippen LogP contribution is -2.48. The van der Waals surface area contributed by atoms with Crippen molar-refractivity contribution in [3.63, 3.8) is 0 Å². The first kappa shape index (κ1) is 18.5. The number of hydrogen-bond acceptors (Lipinski definition) is 5. The molecule has 0 spiro atoms. The van der Waals surface area contributed by atoms with Gasteiger partial charge in [0.2, 0.25) is 5.91 Å². The van der Waals surface area contributed by atoms with Crippen LogP contribution < -0.4 is 10.6 Å². The molecular weight excluding hydrogens is 336 g/mol. The number of benzene rings is 1.